The molecule has 0 bridgehead atoms. The SMILES string of the molecule is Cc1cc(C)c2nc(C3CNNC3)cc(C(=O)N(C)C(C)c3ccncc3)c2c1. The van der Waals surface area contributed by atoms with Gasteiger partial charge in [-0.3, -0.25) is 25.6 Å². The van der Waals surface area contributed by atoms with E-state index in [9.17, 15) is 4.79 Å². The van der Waals surface area contributed by atoms with E-state index in [0.29, 0.717) is 5.56 Å². The number of hydrogen-bond acceptors (Lipinski definition) is 5. The molecule has 0 spiro atoms. The van der Waals surface area contributed by atoms with Gasteiger partial charge in [-0.05, 0) is 56.2 Å². The summed E-state index contributed by atoms with van der Waals surface area (Å²) >= 11 is 0. The van der Waals surface area contributed by atoms with Crippen LogP contribution in [0.4, 0.5) is 0 Å². The van der Waals surface area contributed by atoms with Crippen LogP contribution in [-0.2, 0) is 0 Å². The first-order valence-electron chi connectivity index (χ1n) is 10.0. The van der Waals surface area contributed by atoms with E-state index < -0.39 is 0 Å². The number of amides is 1. The average molecular weight is 390 g/mol. The van der Waals surface area contributed by atoms with Crippen molar-refractivity contribution in [2.24, 2.45) is 0 Å². The predicted octanol–water partition coefficient (Wildman–Crippen LogP) is 3.27. The Morgan fingerprint density at radius 1 is 1.14 bits per heavy atom. The Balaban J connectivity index is 1.81. The van der Waals surface area contributed by atoms with Gasteiger partial charge in [-0.25, -0.2) is 0 Å². The standard InChI is InChI=1S/C23H27N5O/c1-14-9-15(2)22-19(10-14)20(11-21(27-22)18-12-25-26-13-18)23(29)28(4)16(3)17-5-7-24-8-6-17/h5-11,16,18,25-26H,12-13H2,1-4H3. The monoisotopic (exact) mass is 389 g/mol. The lowest BCUT2D eigenvalue weighted by Gasteiger charge is -2.26. The molecule has 3 aromatic rings. The summed E-state index contributed by atoms with van der Waals surface area (Å²) in [5.74, 6) is 0.251. The van der Waals surface area contributed by atoms with Crippen LogP contribution < -0.4 is 10.9 Å². The van der Waals surface area contributed by atoms with Crippen LogP contribution >= 0.6 is 0 Å². The first-order chi connectivity index (χ1) is 14.0. The van der Waals surface area contributed by atoms with Crippen LogP contribution in [0.15, 0.2) is 42.7 Å². The molecular weight excluding hydrogens is 362 g/mol. The van der Waals surface area contributed by atoms with Gasteiger partial charge in [0.2, 0.25) is 0 Å². The summed E-state index contributed by atoms with van der Waals surface area (Å²) in [5.41, 5.74) is 12.2. The van der Waals surface area contributed by atoms with E-state index in [1.54, 1.807) is 17.3 Å². The van der Waals surface area contributed by atoms with Crippen molar-refractivity contribution in [3.05, 3.63) is 70.7 Å². The van der Waals surface area contributed by atoms with E-state index in [1.165, 1.54) is 0 Å². The highest BCUT2D eigenvalue weighted by atomic mass is 16.2. The molecule has 1 aliphatic rings. The minimum atomic E-state index is -0.0575. The second kappa shape index (κ2) is 7.89. The van der Waals surface area contributed by atoms with Gasteiger partial charge in [0, 0.05) is 49.5 Å². The molecule has 1 amide bonds. The highest BCUT2D eigenvalue weighted by Gasteiger charge is 2.25. The van der Waals surface area contributed by atoms with Gasteiger partial charge in [0.1, 0.15) is 0 Å². The van der Waals surface area contributed by atoms with Gasteiger partial charge >= 0.3 is 0 Å². The molecule has 0 radical (unpaired) electrons. The zero-order chi connectivity index (χ0) is 20.5. The molecule has 1 aliphatic heterocycles. The number of nitrogens with zero attached hydrogens (tertiary/aromatic N) is 3. The van der Waals surface area contributed by atoms with Crippen molar-refractivity contribution in [1.82, 2.24) is 25.7 Å². The molecule has 29 heavy (non-hydrogen) atoms. The lowest BCUT2D eigenvalue weighted by Crippen LogP contribution is -2.30. The average Bonchev–Trinajstić information content (AvgIpc) is 3.27. The minimum Gasteiger partial charge on any atom is -0.335 e. The maximum Gasteiger partial charge on any atom is 0.254 e. The van der Waals surface area contributed by atoms with Gasteiger partial charge in [-0.2, -0.15) is 0 Å². The first kappa shape index (κ1) is 19.5. The first-order valence-corrected chi connectivity index (χ1v) is 10.0. The number of fused-ring (bicyclic) bond motifs is 1. The third-order valence-electron chi connectivity index (χ3n) is 5.83. The fourth-order valence-electron chi connectivity index (χ4n) is 3.99. The van der Waals surface area contributed by atoms with Crippen LogP contribution in [0, 0.1) is 13.8 Å². The van der Waals surface area contributed by atoms with Gasteiger partial charge in [0.15, 0.2) is 0 Å². The smallest absolute Gasteiger partial charge is 0.254 e. The van der Waals surface area contributed by atoms with Gasteiger partial charge in [0.25, 0.3) is 5.91 Å². The Morgan fingerprint density at radius 2 is 1.83 bits per heavy atom. The lowest BCUT2D eigenvalue weighted by atomic mass is 9.96. The van der Waals surface area contributed by atoms with Crippen LogP contribution in [0.25, 0.3) is 10.9 Å². The van der Waals surface area contributed by atoms with Crippen LogP contribution in [0.1, 0.15) is 51.6 Å². The van der Waals surface area contributed by atoms with E-state index in [4.69, 9.17) is 4.98 Å². The number of carbonyl (C=O) groups excluding carboxylic acids is 1. The normalized spacial score (nSPS) is 15.6. The Hall–Kier alpha value is -2.83. The van der Waals surface area contributed by atoms with Gasteiger partial charge in [0.05, 0.1) is 17.1 Å². The topological polar surface area (TPSA) is 70.2 Å². The van der Waals surface area contributed by atoms with Crippen molar-refractivity contribution in [1.29, 1.82) is 0 Å². The van der Waals surface area contributed by atoms with Crippen molar-refractivity contribution in [2.45, 2.75) is 32.7 Å². The predicted molar refractivity (Wildman–Crippen MR) is 115 cm³/mol. The van der Waals surface area contributed by atoms with Gasteiger partial charge in [-0.15, -0.1) is 0 Å². The van der Waals surface area contributed by atoms with E-state index in [1.807, 2.05) is 32.2 Å². The van der Waals surface area contributed by atoms with Crippen molar-refractivity contribution in [3.63, 3.8) is 0 Å². The minimum absolute atomic E-state index is 0.00637. The second-order valence-electron chi connectivity index (χ2n) is 7.90. The van der Waals surface area contributed by atoms with Crippen molar-refractivity contribution in [3.8, 4) is 0 Å². The van der Waals surface area contributed by atoms with E-state index in [0.717, 1.165) is 46.4 Å². The zero-order valence-corrected chi connectivity index (χ0v) is 17.4. The summed E-state index contributed by atoms with van der Waals surface area (Å²) < 4.78 is 0. The molecule has 1 atom stereocenters. The second-order valence-corrected chi connectivity index (χ2v) is 7.90. The molecule has 4 rings (SSSR count). The third-order valence-corrected chi connectivity index (χ3v) is 5.83. The quantitative estimate of drug-likeness (QED) is 0.717. The number of aromatic nitrogens is 2. The molecule has 3 heterocycles. The molecule has 2 N–H and O–H groups in total. The van der Waals surface area contributed by atoms with Gasteiger partial charge in [-0.1, -0.05) is 11.6 Å². The summed E-state index contributed by atoms with van der Waals surface area (Å²) in [7, 11) is 1.86. The Kier molecular flexibility index (Phi) is 5.30. The van der Waals surface area contributed by atoms with Crippen molar-refractivity contribution >= 4 is 16.8 Å². The number of benzene rings is 1. The van der Waals surface area contributed by atoms with Crippen LogP contribution in [0.3, 0.4) is 0 Å². The van der Waals surface area contributed by atoms with Crippen LogP contribution in [-0.4, -0.2) is 40.9 Å². The fraction of sp³-hybridized carbons (Fsp3) is 0.348. The molecule has 1 aromatic carbocycles. The number of rotatable bonds is 4. The molecule has 6 nitrogen and oxygen atoms in total. The maximum absolute atomic E-state index is 13.6. The van der Waals surface area contributed by atoms with Crippen molar-refractivity contribution < 1.29 is 4.79 Å². The zero-order valence-electron chi connectivity index (χ0n) is 17.4. The third kappa shape index (κ3) is 3.73. The highest BCUT2D eigenvalue weighted by molar-refractivity contribution is 6.07. The number of carbonyl (C=O) groups is 1. The fourth-order valence-corrected chi connectivity index (χ4v) is 3.99. The highest BCUT2D eigenvalue weighted by Crippen LogP contribution is 2.29. The molecule has 0 aliphatic carbocycles. The summed E-state index contributed by atoms with van der Waals surface area (Å²) in [6.45, 7) is 7.77. The van der Waals surface area contributed by atoms with Crippen LogP contribution in [0.5, 0.6) is 0 Å². The maximum atomic E-state index is 13.6. The molecule has 1 fully saturated rings. The summed E-state index contributed by atoms with van der Waals surface area (Å²) in [5, 5.41) is 0.920. The number of nitrogens with one attached hydrogen (secondary N) is 2. The Bertz CT molecular complexity index is 1040. The number of hydrogen-bond donors (Lipinski definition) is 2. The Morgan fingerprint density at radius 3 is 2.52 bits per heavy atom. The molecule has 0 saturated carbocycles. The molecular formula is C23H27N5O. The number of hydrazine groups is 1. The Labute approximate surface area is 171 Å². The number of aryl methyl sites for hydroxylation is 2. The van der Waals surface area contributed by atoms with E-state index in [2.05, 4.69) is 41.8 Å². The van der Waals surface area contributed by atoms with Crippen LogP contribution in [0.2, 0.25) is 0 Å². The molecule has 2 aromatic heterocycles. The largest absolute Gasteiger partial charge is 0.335 e. The van der Waals surface area contributed by atoms with Crippen molar-refractivity contribution in [2.75, 3.05) is 20.1 Å². The van der Waals surface area contributed by atoms with Gasteiger partial charge < -0.3 is 4.90 Å². The molecule has 1 saturated heterocycles. The number of pyridine rings is 2. The lowest BCUT2D eigenvalue weighted by molar-refractivity contribution is 0.0744. The summed E-state index contributed by atoms with van der Waals surface area (Å²) in [6, 6.07) is 10.0. The summed E-state index contributed by atoms with van der Waals surface area (Å²) in [6.07, 6.45) is 3.52. The summed E-state index contributed by atoms with van der Waals surface area (Å²) in [4.78, 5) is 24.4. The molecule has 6 heteroatoms. The molecule has 150 valence electrons. The van der Waals surface area contributed by atoms with E-state index in [-0.39, 0.29) is 17.9 Å². The van der Waals surface area contributed by atoms with E-state index >= 15 is 0 Å². The molecule has 1 unspecified atom stereocenters.